The molecule has 0 saturated carbocycles. The summed E-state index contributed by atoms with van der Waals surface area (Å²) in [5.41, 5.74) is 2.45. The van der Waals surface area contributed by atoms with Gasteiger partial charge in [-0.25, -0.2) is 4.98 Å². The normalized spacial score (nSPS) is 12.3. The number of aryl methyl sites for hydroxylation is 1. The quantitative estimate of drug-likeness (QED) is 0.809. The number of benzene rings is 1. The molecule has 0 spiro atoms. The summed E-state index contributed by atoms with van der Waals surface area (Å²) < 4.78 is 5.21. The van der Waals surface area contributed by atoms with Gasteiger partial charge in [0.25, 0.3) is 0 Å². The number of methoxy groups -OCH3 is 1. The summed E-state index contributed by atoms with van der Waals surface area (Å²) in [6.45, 7) is 5.30. The molecule has 3 nitrogen and oxygen atoms in total. The van der Waals surface area contributed by atoms with Gasteiger partial charge < -0.3 is 10.1 Å². The zero-order valence-electron chi connectivity index (χ0n) is 13.1. The molecule has 0 aliphatic heterocycles. The Hall–Kier alpha value is -1.39. The van der Waals surface area contributed by atoms with Gasteiger partial charge in [0, 0.05) is 23.5 Å². The van der Waals surface area contributed by atoms with E-state index in [0.29, 0.717) is 6.04 Å². The van der Waals surface area contributed by atoms with Crippen molar-refractivity contribution in [3.05, 3.63) is 45.9 Å². The topological polar surface area (TPSA) is 34.1 Å². The highest BCUT2D eigenvalue weighted by molar-refractivity contribution is 7.09. The average molecular weight is 304 g/mol. The SMILES string of the molecule is CCCNC(Cc1ccc(OC)cc1)Cc1nc(C)cs1. The fourth-order valence-corrected chi connectivity index (χ4v) is 3.17. The predicted molar refractivity (Wildman–Crippen MR) is 89.3 cm³/mol. The van der Waals surface area contributed by atoms with E-state index in [9.17, 15) is 0 Å². The zero-order valence-corrected chi connectivity index (χ0v) is 13.9. The highest BCUT2D eigenvalue weighted by Gasteiger charge is 2.12. The van der Waals surface area contributed by atoms with E-state index in [0.717, 1.165) is 37.3 Å². The van der Waals surface area contributed by atoms with E-state index in [1.165, 1.54) is 10.6 Å². The highest BCUT2D eigenvalue weighted by Crippen LogP contribution is 2.16. The molecule has 1 unspecified atom stereocenters. The van der Waals surface area contributed by atoms with Crippen LogP contribution in [0.3, 0.4) is 0 Å². The average Bonchev–Trinajstić information content (AvgIpc) is 2.90. The standard InChI is InChI=1S/C17H24N2OS/c1-4-9-18-15(11-17-19-13(2)12-21-17)10-14-5-7-16(20-3)8-6-14/h5-8,12,15,18H,4,9-11H2,1-3H3. The van der Waals surface area contributed by atoms with Crippen LogP contribution in [-0.2, 0) is 12.8 Å². The summed E-state index contributed by atoms with van der Waals surface area (Å²) in [5.74, 6) is 0.910. The van der Waals surface area contributed by atoms with Crippen molar-refractivity contribution >= 4 is 11.3 Å². The number of ether oxygens (including phenoxy) is 1. The molecule has 0 aliphatic carbocycles. The molecule has 0 radical (unpaired) electrons. The molecule has 1 heterocycles. The summed E-state index contributed by atoms with van der Waals surface area (Å²) in [6, 6.07) is 8.78. The first-order valence-electron chi connectivity index (χ1n) is 7.48. The van der Waals surface area contributed by atoms with Gasteiger partial charge in [-0.3, -0.25) is 0 Å². The summed E-state index contributed by atoms with van der Waals surface area (Å²) in [4.78, 5) is 4.59. The molecule has 0 fully saturated rings. The molecule has 1 aromatic heterocycles. The Kier molecular flexibility index (Phi) is 6.21. The predicted octanol–water partition coefficient (Wildman–Crippen LogP) is 3.61. The highest BCUT2D eigenvalue weighted by atomic mass is 32.1. The molecule has 0 saturated heterocycles. The van der Waals surface area contributed by atoms with Crippen LogP contribution in [0.2, 0.25) is 0 Å². The van der Waals surface area contributed by atoms with Gasteiger partial charge in [0.15, 0.2) is 0 Å². The van der Waals surface area contributed by atoms with Crippen molar-refractivity contribution in [2.75, 3.05) is 13.7 Å². The number of hydrogen-bond donors (Lipinski definition) is 1. The second-order valence-corrected chi connectivity index (χ2v) is 6.23. The van der Waals surface area contributed by atoms with Crippen molar-refractivity contribution in [1.29, 1.82) is 0 Å². The molecule has 0 bridgehead atoms. The zero-order chi connectivity index (χ0) is 15.1. The Morgan fingerprint density at radius 1 is 1.24 bits per heavy atom. The van der Waals surface area contributed by atoms with E-state index in [4.69, 9.17) is 4.74 Å². The maximum atomic E-state index is 5.21. The van der Waals surface area contributed by atoms with Gasteiger partial charge in [0.2, 0.25) is 0 Å². The van der Waals surface area contributed by atoms with Crippen LogP contribution in [0.4, 0.5) is 0 Å². The van der Waals surface area contributed by atoms with Crippen LogP contribution in [0.25, 0.3) is 0 Å². The van der Waals surface area contributed by atoms with Crippen LogP contribution in [0.1, 0.15) is 29.6 Å². The molecule has 4 heteroatoms. The number of hydrogen-bond acceptors (Lipinski definition) is 4. The first-order chi connectivity index (χ1) is 10.2. The smallest absolute Gasteiger partial charge is 0.118 e. The van der Waals surface area contributed by atoms with Crippen molar-refractivity contribution < 1.29 is 4.74 Å². The van der Waals surface area contributed by atoms with Gasteiger partial charge >= 0.3 is 0 Å². The molecule has 1 aromatic carbocycles. The van der Waals surface area contributed by atoms with Gasteiger partial charge in [-0.15, -0.1) is 11.3 Å². The van der Waals surface area contributed by atoms with Crippen LogP contribution in [0.5, 0.6) is 5.75 Å². The van der Waals surface area contributed by atoms with E-state index in [1.807, 2.05) is 12.1 Å². The molecule has 2 rings (SSSR count). The maximum Gasteiger partial charge on any atom is 0.118 e. The summed E-state index contributed by atoms with van der Waals surface area (Å²) in [5, 5.41) is 6.98. The Balaban J connectivity index is 2.00. The molecule has 1 N–H and O–H groups in total. The minimum atomic E-state index is 0.434. The first kappa shape index (κ1) is 16.0. The Bertz CT molecular complexity index is 536. The first-order valence-corrected chi connectivity index (χ1v) is 8.36. The Morgan fingerprint density at radius 2 is 2.00 bits per heavy atom. The van der Waals surface area contributed by atoms with Crippen molar-refractivity contribution in [3.8, 4) is 5.75 Å². The molecule has 114 valence electrons. The molecular weight excluding hydrogens is 280 g/mol. The van der Waals surface area contributed by atoms with E-state index >= 15 is 0 Å². The summed E-state index contributed by atoms with van der Waals surface area (Å²) in [6.07, 6.45) is 3.16. The molecule has 2 aromatic rings. The second-order valence-electron chi connectivity index (χ2n) is 5.29. The van der Waals surface area contributed by atoms with Crippen molar-refractivity contribution in [2.45, 2.75) is 39.2 Å². The Morgan fingerprint density at radius 3 is 2.57 bits per heavy atom. The van der Waals surface area contributed by atoms with E-state index in [1.54, 1.807) is 18.4 Å². The molecule has 21 heavy (non-hydrogen) atoms. The lowest BCUT2D eigenvalue weighted by molar-refractivity contribution is 0.414. The largest absolute Gasteiger partial charge is 0.497 e. The maximum absolute atomic E-state index is 5.21. The fraction of sp³-hybridized carbons (Fsp3) is 0.471. The summed E-state index contributed by atoms with van der Waals surface area (Å²) >= 11 is 1.76. The second kappa shape index (κ2) is 8.15. The van der Waals surface area contributed by atoms with Gasteiger partial charge in [0.05, 0.1) is 12.1 Å². The summed E-state index contributed by atoms with van der Waals surface area (Å²) in [7, 11) is 1.70. The fourth-order valence-electron chi connectivity index (χ4n) is 2.32. The van der Waals surface area contributed by atoms with Gasteiger partial charge in [-0.05, 0) is 44.0 Å². The minimum absolute atomic E-state index is 0.434. The van der Waals surface area contributed by atoms with Crippen LogP contribution in [-0.4, -0.2) is 24.7 Å². The Labute approximate surface area is 131 Å². The van der Waals surface area contributed by atoms with Gasteiger partial charge in [-0.2, -0.15) is 0 Å². The number of nitrogens with zero attached hydrogens (tertiary/aromatic N) is 1. The lowest BCUT2D eigenvalue weighted by Crippen LogP contribution is -2.33. The third-order valence-electron chi connectivity index (χ3n) is 3.41. The van der Waals surface area contributed by atoms with E-state index < -0.39 is 0 Å². The monoisotopic (exact) mass is 304 g/mol. The third-order valence-corrected chi connectivity index (χ3v) is 4.40. The van der Waals surface area contributed by atoms with Crippen LogP contribution >= 0.6 is 11.3 Å². The molecule has 0 aliphatic rings. The number of aromatic nitrogens is 1. The molecule has 0 amide bonds. The van der Waals surface area contributed by atoms with E-state index in [-0.39, 0.29) is 0 Å². The number of rotatable bonds is 8. The third kappa shape index (κ3) is 5.14. The van der Waals surface area contributed by atoms with Crippen LogP contribution in [0, 0.1) is 6.92 Å². The molecule has 1 atom stereocenters. The lowest BCUT2D eigenvalue weighted by Gasteiger charge is -2.17. The lowest BCUT2D eigenvalue weighted by atomic mass is 10.0. The van der Waals surface area contributed by atoms with Crippen LogP contribution < -0.4 is 10.1 Å². The van der Waals surface area contributed by atoms with Crippen molar-refractivity contribution in [3.63, 3.8) is 0 Å². The van der Waals surface area contributed by atoms with E-state index in [2.05, 4.69) is 41.7 Å². The van der Waals surface area contributed by atoms with Crippen molar-refractivity contribution in [2.24, 2.45) is 0 Å². The van der Waals surface area contributed by atoms with Gasteiger partial charge in [0.1, 0.15) is 5.75 Å². The molecular formula is C17H24N2OS. The van der Waals surface area contributed by atoms with Gasteiger partial charge in [-0.1, -0.05) is 19.1 Å². The van der Waals surface area contributed by atoms with Crippen LogP contribution in [0.15, 0.2) is 29.6 Å². The number of thiazole rings is 1. The van der Waals surface area contributed by atoms with Crippen molar-refractivity contribution in [1.82, 2.24) is 10.3 Å². The minimum Gasteiger partial charge on any atom is -0.497 e. The number of nitrogens with one attached hydrogen (secondary N) is 1.